The normalized spacial score (nSPS) is 11.6. The zero-order valence-electron chi connectivity index (χ0n) is 11.4. The van der Waals surface area contributed by atoms with E-state index in [0.717, 1.165) is 5.69 Å². The molecule has 7 heteroatoms. The van der Waals surface area contributed by atoms with Gasteiger partial charge in [-0.2, -0.15) is 5.10 Å². The lowest BCUT2D eigenvalue weighted by Gasteiger charge is -2.15. The van der Waals surface area contributed by atoms with Crippen molar-refractivity contribution in [3.8, 4) is 5.69 Å². The maximum atomic E-state index is 11.1. The van der Waals surface area contributed by atoms with Crippen LogP contribution in [0.25, 0.3) is 5.69 Å². The lowest BCUT2D eigenvalue weighted by atomic mass is 9.92. The maximum Gasteiger partial charge on any atom is 0.294 e. The highest BCUT2D eigenvalue weighted by molar-refractivity contribution is 9.10. The van der Waals surface area contributed by atoms with Gasteiger partial charge in [0, 0.05) is 11.5 Å². The minimum Gasteiger partial charge on any atom is -0.383 e. The molecule has 0 saturated carbocycles. The predicted octanol–water partition coefficient (Wildman–Crippen LogP) is 3.42. The highest BCUT2D eigenvalue weighted by atomic mass is 79.9. The lowest BCUT2D eigenvalue weighted by molar-refractivity contribution is -0.384. The Bertz CT molecular complexity index is 673. The van der Waals surface area contributed by atoms with Crippen LogP contribution in [0.3, 0.4) is 0 Å². The lowest BCUT2D eigenvalue weighted by Crippen LogP contribution is -2.13. The first kappa shape index (κ1) is 14.5. The van der Waals surface area contributed by atoms with E-state index in [2.05, 4.69) is 21.0 Å². The van der Waals surface area contributed by atoms with Crippen LogP contribution in [-0.2, 0) is 5.41 Å². The Balaban J connectivity index is 2.69. The Kier molecular flexibility index (Phi) is 3.56. The topological polar surface area (TPSA) is 87.0 Å². The van der Waals surface area contributed by atoms with Crippen LogP contribution in [-0.4, -0.2) is 14.7 Å². The van der Waals surface area contributed by atoms with E-state index in [1.807, 2.05) is 20.8 Å². The van der Waals surface area contributed by atoms with Gasteiger partial charge in [0.1, 0.15) is 11.5 Å². The molecule has 0 atom stereocenters. The van der Waals surface area contributed by atoms with Gasteiger partial charge in [-0.25, -0.2) is 4.68 Å². The number of para-hydroxylation sites is 2. The summed E-state index contributed by atoms with van der Waals surface area (Å²) >= 11 is 3.42. The number of halogens is 1. The van der Waals surface area contributed by atoms with E-state index in [1.54, 1.807) is 18.2 Å². The van der Waals surface area contributed by atoms with Crippen molar-refractivity contribution in [2.24, 2.45) is 0 Å². The van der Waals surface area contributed by atoms with Gasteiger partial charge in [0.05, 0.1) is 15.1 Å². The molecule has 0 aliphatic heterocycles. The molecule has 0 spiro atoms. The molecule has 0 bridgehead atoms. The van der Waals surface area contributed by atoms with Crippen LogP contribution in [0.15, 0.2) is 28.7 Å². The van der Waals surface area contributed by atoms with Gasteiger partial charge < -0.3 is 5.73 Å². The van der Waals surface area contributed by atoms with Gasteiger partial charge in [-0.05, 0) is 22.0 Å². The van der Waals surface area contributed by atoms with Gasteiger partial charge in [-0.15, -0.1) is 0 Å². The second-order valence-electron chi connectivity index (χ2n) is 5.46. The van der Waals surface area contributed by atoms with Crippen molar-refractivity contribution in [1.82, 2.24) is 9.78 Å². The van der Waals surface area contributed by atoms with E-state index >= 15 is 0 Å². The first-order valence-corrected chi connectivity index (χ1v) is 6.81. The molecular weight excluding hydrogens is 324 g/mol. The molecule has 2 rings (SSSR count). The summed E-state index contributed by atoms with van der Waals surface area (Å²) in [6.45, 7) is 6.01. The predicted molar refractivity (Wildman–Crippen MR) is 81.0 cm³/mol. The van der Waals surface area contributed by atoms with Crippen LogP contribution in [0, 0.1) is 10.1 Å². The fraction of sp³-hybridized carbons (Fsp3) is 0.308. The molecule has 6 nitrogen and oxygen atoms in total. The number of nitrogens with two attached hydrogens (primary N) is 1. The number of nitrogen functional groups attached to an aromatic ring is 1. The van der Waals surface area contributed by atoms with E-state index in [4.69, 9.17) is 5.73 Å². The van der Waals surface area contributed by atoms with Crippen molar-refractivity contribution in [2.45, 2.75) is 26.2 Å². The molecule has 0 amide bonds. The van der Waals surface area contributed by atoms with Gasteiger partial charge >= 0.3 is 0 Å². The minimum atomic E-state index is -0.443. The Labute approximate surface area is 124 Å². The molecular formula is C13H15BrN4O2. The number of nitro groups is 1. The zero-order chi connectivity index (χ0) is 15.1. The van der Waals surface area contributed by atoms with Crippen molar-refractivity contribution in [2.75, 3.05) is 5.73 Å². The van der Waals surface area contributed by atoms with Crippen LogP contribution >= 0.6 is 15.9 Å². The maximum absolute atomic E-state index is 11.1. The van der Waals surface area contributed by atoms with Crippen LogP contribution in [0.5, 0.6) is 0 Å². The third-order valence-electron chi connectivity index (χ3n) is 2.88. The summed E-state index contributed by atoms with van der Waals surface area (Å²) in [5, 5.41) is 15.5. The Morgan fingerprint density at radius 2 is 1.95 bits per heavy atom. The molecule has 0 aliphatic carbocycles. The molecule has 106 valence electrons. The molecule has 20 heavy (non-hydrogen) atoms. The quantitative estimate of drug-likeness (QED) is 0.671. The van der Waals surface area contributed by atoms with Gasteiger partial charge in [0.2, 0.25) is 0 Å². The average Bonchev–Trinajstić information content (AvgIpc) is 2.66. The highest BCUT2D eigenvalue weighted by Crippen LogP contribution is 2.35. The monoisotopic (exact) mass is 338 g/mol. The van der Waals surface area contributed by atoms with Crippen LogP contribution in [0.2, 0.25) is 0 Å². The van der Waals surface area contributed by atoms with Gasteiger partial charge in [0.25, 0.3) is 5.69 Å². The standard InChI is InChI=1S/C13H15BrN4O2/c1-13(2,3)11-10(14)12(15)17(16-11)8-6-4-5-7-9(8)18(19)20/h4-7H,15H2,1-3H3. The van der Waals surface area contributed by atoms with Gasteiger partial charge in [-0.3, -0.25) is 10.1 Å². The largest absolute Gasteiger partial charge is 0.383 e. The second-order valence-corrected chi connectivity index (χ2v) is 6.25. The van der Waals surface area contributed by atoms with E-state index in [1.165, 1.54) is 10.7 Å². The fourth-order valence-electron chi connectivity index (χ4n) is 1.87. The van der Waals surface area contributed by atoms with Crippen LogP contribution in [0.1, 0.15) is 26.5 Å². The molecule has 1 aromatic heterocycles. The smallest absolute Gasteiger partial charge is 0.294 e. The van der Waals surface area contributed by atoms with Crippen molar-refractivity contribution in [1.29, 1.82) is 0 Å². The average molecular weight is 339 g/mol. The van der Waals surface area contributed by atoms with E-state index in [-0.39, 0.29) is 11.1 Å². The summed E-state index contributed by atoms with van der Waals surface area (Å²) in [7, 11) is 0. The Morgan fingerprint density at radius 1 is 1.35 bits per heavy atom. The summed E-state index contributed by atoms with van der Waals surface area (Å²) in [5.41, 5.74) is 6.89. The van der Waals surface area contributed by atoms with Crippen molar-refractivity contribution in [3.05, 3.63) is 44.5 Å². The molecule has 0 saturated heterocycles. The van der Waals surface area contributed by atoms with E-state index in [0.29, 0.717) is 16.0 Å². The van der Waals surface area contributed by atoms with Gasteiger partial charge in [-0.1, -0.05) is 32.9 Å². The number of anilines is 1. The molecule has 0 fully saturated rings. The van der Waals surface area contributed by atoms with Crippen molar-refractivity contribution < 1.29 is 4.92 Å². The number of nitrogens with zero attached hydrogens (tertiary/aromatic N) is 3. The highest BCUT2D eigenvalue weighted by Gasteiger charge is 2.27. The molecule has 0 aliphatic rings. The molecule has 0 radical (unpaired) electrons. The summed E-state index contributed by atoms with van der Waals surface area (Å²) in [6, 6.07) is 6.39. The molecule has 2 aromatic rings. The van der Waals surface area contributed by atoms with E-state index < -0.39 is 4.92 Å². The first-order valence-electron chi connectivity index (χ1n) is 6.01. The number of rotatable bonds is 2. The van der Waals surface area contributed by atoms with E-state index in [9.17, 15) is 10.1 Å². The molecule has 1 aromatic carbocycles. The summed E-state index contributed by atoms with van der Waals surface area (Å²) in [4.78, 5) is 10.7. The Hall–Kier alpha value is -1.89. The number of nitro benzene ring substituents is 1. The van der Waals surface area contributed by atoms with Crippen molar-refractivity contribution >= 4 is 27.4 Å². The summed E-state index contributed by atoms with van der Waals surface area (Å²) in [5.74, 6) is 0.351. The second kappa shape index (κ2) is 4.90. The Morgan fingerprint density at radius 3 is 2.45 bits per heavy atom. The number of aromatic nitrogens is 2. The fourth-order valence-corrected chi connectivity index (χ4v) is 2.71. The summed E-state index contributed by atoms with van der Waals surface area (Å²) in [6.07, 6.45) is 0. The number of hydrogen-bond donors (Lipinski definition) is 1. The third kappa shape index (κ3) is 2.40. The SMILES string of the molecule is CC(C)(C)c1nn(-c2ccccc2[N+](=O)[O-])c(N)c1Br. The number of benzene rings is 1. The summed E-state index contributed by atoms with van der Waals surface area (Å²) < 4.78 is 2.08. The third-order valence-corrected chi connectivity index (χ3v) is 3.66. The molecule has 2 N–H and O–H groups in total. The first-order chi connectivity index (χ1) is 9.23. The minimum absolute atomic E-state index is 0.0327. The number of hydrogen-bond acceptors (Lipinski definition) is 4. The van der Waals surface area contributed by atoms with Crippen LogP contribution < -0.4 is 5.73 Å². The van der Waals surface area contributed by atoms with Crippen molar-refractivity contribution in [3.63, 3.8) is 0 Å². The van der Waals surface area contributed by atoms with Gasteiger partial charge in [0.15, 0.2) is 0 Å². The molecule has 1 heterocycles. The zero-order valence-corrected chi connectivity index (χ0v) is 13.0. The molecule has 0 unspecified atom stereocenters. The van der Waals surface area contributed by atoms with Crippen LogP contribution in [0.4, 0.5) is 11.5 Å².